The van der Waals surface area contributed by atoms with Crippen molar-refractivity contribution in [3.05, 3.63) is 0 Å². The molecular formula is C18H31NO4. The zero-order chi connectivity index (χ0) is 16.9. The van der Waals surface area contributed by atoms with E-state index in [-0.39, 0.29) is 24.1 Å². The summed E-state index contributed by atoms with van der Waals surface area (Å²) in [4.78, 5) is 26.1. The molecule has 1 heterocycles. The van der Waals surface area contributed by atoms with Crippen molar-refractivity contribution in [2.45, 2.75) is 83.8 Å². The summed E-state index contributed by atoms with van der Waals surface area (Å²) in [6, 6.07) is 0. The lowest BCUT2D eigenvalue weighted by Gasteiger charge is -2.34. The van der Waals surface area contributed by atoms with Crippen molar-refractivity contribution < 1.29 is 19.1 Å². The summed E-state index contributed by atoms with van der Waals surface area (Å²) in [6.07, 6.45) is 7.34. The van der Waals surface area contributed by atoms with Crippen LogP contribution in [0.15, 0.2) is 0 Å². The van der Waals surface area contributed by atoms with E-state index in [2.05, 4.69) is 0 Å². The van der Waals surface area contributed by atoms with Crippen molar-refractivity contribution in [2.24, 2.45) is 5.92 Å². The predicted octanol–water partition coefficient (Wildman–Crippen LogP) is 3.90. The second kappa shape index (κ2) is 8.02. The molecule has 23 heavy (non-hydrogen) atoms. The van der Waals surface area contributed by atoms with Crippen molar-refractivity contribution in [3.63, 3.8) is 0 Å². The minimum absolute atomic E-state index is 0.0298. The number of esters is 1. The number of ether oxygens (including phenoxy) is 2. The third-order valence-corrected chi connectivity index (χ3v) is 5.14. The van der Waals surface area contributed by atoms with Crippen molar-refractivity contribution in [1.29, 1.82) is 0 Å². The Labute approximate surface area is 139 Å². The van der Waals surface area contributed by atoms with Crippen LogP contribution in [0.2, 0.25) is 0 Å². The topological polar surface area (TPSA) is 55.8 Å². The summed E-state index contributed by atoms with van der Waals surface area (Å²) in [7, 11) is 0. The number of amides is 1. The van der Waals surface area contributed by atoms with Gasteiger partial charge in [-0.3, -0.25) is 4.79 Å². The average Bonchev–Trinajstić information content (AvgIpc) is 2.56. The van der Waals surface area contributed by atoms with Crippen molar-refractivity contribution >= 4 is 12.1 Å². The molecule has 132 valence electrons. The van der Waals surface area contributed by atoms with Crippen LogP contribution in [0.3, 0.4) is 0 Å². The minimum Gasteiger partial charge on any atom is -0.462 e. The van der Waals surface area contributed by atoms with Gasteiger partial charge in [-0.1, -0.05) is 26.2 Å². The number of rotatable bonds is 4. The Kier molecular flexibility index (Phi) is 6.31. The smallest absolute Gasteiger partial charge is 0.410 e. The number of hydrogen-bond donors (Lipinski definition) is 0. The Morgan fingerprint density at radius 1 is 1.04 bits per heavy atom. The summed E-state index contributed by atoms with van der Waals surface area (Å²) >= 11 is 0. The molecule has 1 saturated heterocycles. The quantitative estimate of drug-likeness (QED) is 0.736. The standard InChI is InChI=1S/C18H31NO4/c1-4-18(2,3)23-17(21)19-12-10-15(11-13-19)22-16(20)14-8-6-5-7-9-14/h14-15H,4-13H2,1-3H3. The summed E-state index contributed by atoms with van der Waals surface area (Å²) in [5, 5.41) is 0. The van der Waals surface area contributed by atoms with Crippen LogP contribution in [0, 0.1) is 5.92 Å². The molecule has 1 amide bonds. The van der Waals surface area contributed by atoms with Crippen LogP contribution < -0.4 is 0 Å². The second-order valence-electron chi connectivity index (χ2n) is 7.44. The third-order valence-electron chi connectivity index (χ3n) is 5.14. The second-order valence-corrected chi connectivity index (χ2v) is 7.44. The molecule has 0 aromatic heterocycles. The molecule has 2 fully saturated rings. The summed E-state index contributed by atoms with van der Waals surface area (Å²) in [6.45, 7) is 7.04. The van der Waals surface area contributed by atoms with E-state index in [1.54, 1.807) is 4.90 Å². The SMILES string of the molecule is CCC(C)(C)OC(=O)N1CCC(OC(=O)C2CCCCC2)CC1. The number of likely N-dealkylation sites (tertiary alicyclic amines) is 1. The van der Waals surface area contributed by atoms with Gasteiger partial charge in [0.1, 0.15) is 11.7 Å². The lowest BCUT2D eigenvalue weighted by Crippen LogP contribution is -2.44. The average molecular weight is 325 g/mol. The van der Waals surface area contributed by atoms with Gasteiger partial charge in [0, 0.05) is 25.9 Å². The van der Waals surface area contributed by atoms with Crippen LogP contribution in [0.4, 0.5) is 4.79 Å². The Bertz CT molecular complexity index is 407. The summed E-state index contributed by atoms with van der Waals surface area (Å²) in [5.41, 5.74) is -0.429. The van der Waals surface area contributed by atoms with E-state index in [4.69, 9.17) is 9.47 Å². The fraction of sp³-hybridized carbons (Fsp3) is 0.889. The van der Waals surface area contributed by atoms with E-state index in [0.717, 1.165) is 32.1 Å². The molecule has 0 atom stereocenters. The largest absolute Gasteiger partial charge is 0.462 e. The molecule has 1 aliphatic carbocycles. The number of carbonyl (C=O) groups excluding carboxylic acids is 2. The zero-order valence-electron chi connectivity index (χ0n) is 14.8. The van der Waals surface area contributed by atoms with Gasteiger partial charge in [-0.2, -0.15) is 0 Å². The third kappa shape index (κ3) is 5.40. The number of carbonyl (C=O) groups is 2. The van der Waals surface area contributed by atoms with Crippen molar-refractivity contribution in [2.75, 3.05) is 13.1 Å². The molecule has 0 spiro atoms. The van der Waals surface area contributed by atoms with Crippen LogP contribution in [0.25, 0.3) is 0 Å². The molecule has 0 N–H and O–H groups in total. The van der Waals surface area contributed by atoms with Crippen LogP contribution in [-0.4, -0.2) is 41.8 Å². The molecule has 0 unspecified atom stereocenters. The molecule has 5 nitrogen and oxygen atoms in total. The Balaban J connectivity index is 1.73. The van der Waals surface area contributed by atoms with Crippen LogP contribution >= 0.6 is 0 Å². The summed E-state index contributed by atoms with van der Waals surface area (Å²) < 4.78 is 11.2. The van der Waals surface area contributed by atoms with Crippen LogP contribution in [0.5, 0.6) is 0 Å². The van der Waals surface area contributed by atoms with Gasteiger partial charge in [0.15, 0.2) is 0 Å². The van der Waals surface area contributed by atoms with Crippen molar-refractivity contribution in [1.82, 2.24) is 4.90 Å². The van der Waals surface area contributed by atoms with E-state index in [0.29, 0.717) is 25.9 Å². The van der Waals surface area contributed by atoms with Gasteiger partial charge in [-0.05, 0) is 33.1 Å². The molecule has 5 heteroatoms. The normalized spacial score (nSPS) is 21.1. The fourth-order valence-electron chi connectivity index (χ4n) is 3.13. The molecule has 1 aliphatic heterocycles. The maximum absolute atomic E-state index is 12.2. The Morgan fingerprint density at radius 3 is 2.22 bits per heavy atom. The van der Waals surface area contributed by atoms with Gasteiger partial charge in [0.2, 0.25) is 0 Å². The lowest BCUT2D eigenvalue weighted by atomic mass is 9.89. The lowest BCUT2D eigenvalue weighted by molar-refractivity contribution is -0.157. The predicted molar refractivity (Wildman–Crippen MR) is 88.1 cm³/mol. The zero-order valence-corrected chi connectivity index (χ0v) is 14.8. The monoisotopic (exact) mass is 325 g/mol. The molecular weight excluding hydrogens is 294 g/mol. The molecule has 2 rings (SSSR count). The first-order valence-corrected chi connectivity index (χ1v) is 9.09. The molecule has 0 aromatic rings. The number of nitrogens with zero attached hydrogens (tertiary/aromatic N) is 1. The van der Waals surface area contributed by atoms with Gasteiger partial charge < -0.3 is 14.4 Å². The van der Waals surface area contributed by atoms with Crippen LogP contribution in [0.1, 0.15) is 72.1 Å². The van der Waals surface area contributed by atoms with Crippen molar-refractivity contribution in [3.8, 4) is 0 Å². The Morgan fingerprint density at radius 2 is 1.65 bits per heavy atom. The van der Waals surface area contributed by atoms with Gasteiger partial charge in [-0.25, -0.2) is 4.79 Å². The maximum Gasteiger partial charge on any atom is 0.410 e. The van der Waals surface area contributed by atoms with Gasteiger partial charge in [0.05, 0.1) is 5.92 Å². The van der Waals surface area contributed by atoms with Gasteiger partial charge in [0.25, 0.3) is 0 Å². The highest BCUT2D eigenvalue weighted by Gasteiger charge is 2.31. The van der Waals surface area contributed by atoms with E-state index in [1.165, 1.54) is 6.42 Å². The van der Waals surface area contributed by atoms with E-state index in [9.17, 15) is 9.59 Å². The highest BCUT2D eigenvalue weighted by Crippen LogP contribution is 2.26. The summed E-state index contributed by atoms with van der Waals surface area (Å²) in [5.74, 6) is 0.0648. The number of hydrogen-bond acceptors (Lipinski definition) is 4. The first-order chi connectivity index (χ1) is 10.9. The van der Waals surface area contributed by atoms with Gasteiger partial charge in [-0.15, -0.1) is 0 Å². The maximum atomic E-state index is 12.2. The van der Waals surface area contributed by atoms with Gasteiger partial charge >= 0.3 is 12.1 Å². The van der Waals surface area contributed by atoms with E-state index < -0.39 is 5.60 Å². The van der Waals surface area contributed by atoms with E-state index in [1.807, 2.05) is 20.8 Å². The Hall–Kier alpha value is -1.26. The highest BCUT2D eigenvalue weighted by molar-refractivity contribution is 5.72. The molecule has 0 aromatic carbocycles. The molecule has 0 bridgehead atoms. The molecule has 1 saturated carbocycles. The first kappa shape index (κ1) is 18.1. The van der Waals surface area contributed by atoms with E-state index >= 15 is 0 Å². The minimum atomic E-state index is -0.429. The van der Waals surface area contributed by atoms with Crippen LogP contribution in [-0.2, 0) is 14.3 Å². The highest BCUT2D eigenvalue weighted by atomic mass is 16.6. The molecule has 2 aliphatic rings. The number of piperidine rings is 1. The molecule has 0 radical (unpaired) electrons. The fourth-order valence-corrected chi connectivity index (χ4v) is 3.13. The first-order valence-electron chi connectivity index (χ1n) is 9.09.